The molecule has 0 aliphatic heterocycles. The topological polar surface area (TPSA) is 190 Å². The highest BCUT2D eigenvalue weighted by Crippen LogP contribution is 2.38. The van der Waals surface area contributed by atoms with Crippen LogP contribution >= 0.6 is 69.6 Å². The Hall–Kier alpha value is -5.73. The molecule has 0 heterocycles. The molecule has 6 aromatic carbocycles. The maximum absolute atomic E-state index is 10.6. The molecule has 0 aliphatic carbocycles. The van der Waals surface area contributed by atoms with Crippen molar-refractivity contribution < 1.29 is 43.9 Å². The number of hydrogen-bond donors (Lipinski definition) is 6. The third kappa shape index (κ3) is 19.7. The minimum atomic E-state index is -0.866. The Bertz CT molecular complexity index is 2620. The first-order chi connectivity index (χ1) is 32.9. The van der Waals surface area contributed by atoms with E-state index in [0.717, 1.165) is 51.3 Å². The van der Waals surface area contributed by atoms with E-state index in [2.05, 4.69) is 10.6 Å². The molecule has 18 heteroatoms. The van der Waals surface area contributed by atoms with Gasteiger partial charge in [0, 0.05) is 49.9 Å². The van der Waals surface area contributed by atoms with E-state index in [1.807, 2.05) is 80.7 Å². The lowest BCUT2D eigenvalue weighted by Crippen LogP contribution is -2.01. The Balaban J connectivity index is 0.000000226. The van der Waals surface area contributed by atoms with Crippen LogP contribution in [0.25, 0.3) is 0 Å². The van der Waals surface area contributed by atoms with Crippen LogP contribution in [0.4, 0.5) is 17.1 Å². The minimum absolute atomic E-state index is 0.0240. The molecule has 0 saturated carbocycles. The molecule has 366 valence electrons. The third-order valence-electron chi connectivity index (χ3n) is 9.68. The average molecular weight is 1060 g/mol. The molecule has 6 rings (SSSR count). The maximum atomic E-state index is 10.6. The first-order valence-corrected chi connectivity index (χ1v) is 23.6. The van der Waals surface area contributed by atoms with Gasteiger partial charge in [0.15, 0.2) is 17.2 Å². The van der Waals surface area contributed by atoms with Gasteiger partial charge in [0.25, 0.3) is 0 Å². The largest absolute Gasteiger partial charge is 0.486 e. The number of anilines is 3. The van der Waals surface area contributed by atoms with Gasteiger partial charge in [-0.15, -0.1) is 0 Å². The Morgan fingerprint density at radius 2 is 0.797 bits per heavy atom. The number of carboxylic acid groups (broad SMARTS) is 3. The molecule has 0 aliphatic rings. The van der Waals surface area contributed by atoms with Gasteiger partial charge in [-0.05, 0) is 132 Å². The van der Waals surface area contributed by atoms with Crippen molar-refractivity contribution in [1.82, 2.24) is 0 Å². The SMILES string of the molecule is CCNc1cccc(COc2c(Cl)cc(CCC(=O)O)cc2Cl)c1.CNc1cccc(COc2c(Cl)cc(CCC(=O)O)cc2Cl)c1.Nc1cccc(COc2c(Cl)cc(CCC(=O)O)cc2Cl)c1. The lowest BCUT2D eigenvalue weighted by molar-refractivity contribution is -0.138. The fraction of sp³-hybridized carbons (Fsp3) is 0.235. The van der Waals surface area contributed by atoms with Crippen molar-refractivity contribution in [2.75, 3.05) is 30.0 Å². The fourth-order valence-electron chi connectivity index (χ4n) is 6.38. The molecule has 0 amide bonds. The Labute approximate surface area is 431 Å². The van der Waals surface area contributed by atoms with Crippen LogP contribution in [0.1, 0.15) is 59.6 Å². The highest BCUT2D eigenvalue weighted by atomic mass is 35.5. The van der Waals surface area contributed by atoms with E-state index in [9.17, 15) is 14.4 Å². The predicted octanol–water partition coefficient (Wildman–Crippen LogP) is 13.8. The molecule has 0 bridgehead atoms. The molecule has 69 heavy (non-hydrogen) atoms. The molecular weight excluding hydrogens is 1010 g/mol. The first kappa shape index (κ1) is 55.9. The first-order valence-electron chi connectivity index (χ1n) is 21.4. The summed E-state index contributed by atoms with van der Waals surface area (Å²) in [5, 5.41) is 34.7. The van der Waals surface area contributed by atoms with E-state index in [1.165, 1.54) is 0 Å². The van der Waals surface area contributed by atoms with Crippen LogP contribution in [0.3, 0.4) is 0 Å². The summed E-state index contributed by atoms with van der Waals surface area (Å²) in [6, 6.07) is 33.2. The van der Waals surface area contributed by atoms with Crippen LogP contribution in [0.15, 0.2) is 109 Å². The molecule has 7 N–H and O–H groups in total. The Morgan fingerprint density at radius 1 is 0.478 bits per heavy atom. The minimum Gasteiger partial charge on any atom is -0.486 e. The highest BCUT2D eigenvalue weighted by molar-refractivity contribution is 6.38. The summed E-state index contributed by atoms with van der Waals surface area (Å²) in [6.07, 6.45) is 1.20. The number of aliphatic carboxylic acids is 3. The fourth-order valence-corrected chi connectivity index (χ4v) is 8.30. The summed E-state index contributed by atoms with van der Waals surface area (Å²) < 4.78 is 17.1. The van der Waals surface area contributed by atoms with Crippen molar-refractivity contribution in [3.05, 3.63) is 173 Å². The van der Waals surface area contributed by atoms with Crippen LogP contribution in [0, 0.1) is 0 Å². The van der Waals surface area contributed by atoms with Crippen molar-refractivity contribution in [2.24, 2.45) is 0 Å². The van der Waals surface area contributed by atoms with E-state index >= 15 is 0 Å². The maximum Gasteiger partial charge on any atom is 0.303 e. The second-order valence-electron chi connectivity index (χ2n) is 15.1. The number of nitrogens with two attached hydrogens (primary N) is 1. The van der Waals surface area contributed by atoms with Crippen LogP contribution in [-0.2, 0) is 53.5 Å². The van der Waals surface area contributed by atoms with Crippen molar-refractivity contribution in [3.63, 3.8) is 0 Å². The number of carbonyl (C=O) groups is 3. The van der Waals surface area contributed by atoms with Crippen molar-refractivity contribution >= 4 is 105 Å². The van der Waals surface area contributed by atoms with Crippen LogP contribution in [0.5, 0.6) is 17.2 Å². The lowest BCUT2D eigenvalue weighted by atomic mass is 10.1. The Morgan fingerprint density at radius 3 is 1.12 bits per heavy atom. The number of hydrogen-bond acceptors (Lipinski definition) is 9. The van der Waals surface area contributed by atoms with Gasteiger partial charge in [0.1, 0.15) is 19.8 Å². The quantitative estimate of drug-likeness (QED) is 0.0375. The zero-order chi connectivity index (χ0) is 50.5. The number of halogens is 6. The molecule has 0 fully saturated rings. The third-order valence-corrected chi connectivity index (χ3v) is 11.4. The van der Waals surface area contributed by atoms with Crippen molar-refractivity contribution in [1.29, 1.82) is 0 Å². The molecule has 0 saturated heterocycles. The zero-order valence-electron chi connectivity index (χ0n) is 37.6. The van der Waals surface area contributed by atoms with Crippen molar-refractivity contribution in [2.45, 2.75) is 65.3 Å². The summed E-state index contributed by atoms with van der Waals surface area (Å²) in [6.45, 7) is 3.85. The lowest BCUT2D eigenvalue weighted by Gasteiger charge is -2.12. The Kier molecular flexibility index (Phi) is 23.2. The number of ether oxygens (including phenoxy) is 3. The van der Waals surface area contributed by atoms with Gasteiger partial charge in [-0.25, -0.2) is 0 Å². The second kappa shape index (κ2) is 28.7. The number of nitrogens with one attached hydrogen (secondary N) is 2. The molecule has 12 nitrogen and oxygen atoms in total. The molecule has 0 atom stereocenters. The molecule has 0 radical (unpaired) electrons. The van der Waals surface area contributed by atoms with E-state index < -0.39 is 17.9 Å². The summed E-state index contributed by atoms with van der Waals surface area (Å²) >= 11 is 37.2. The number of benzene rings is 6. The molecule has 0 spiro atoms. The van der Waals surface area contributed by atoms with E-state index in [1.54, 1.807) is 42.5 Å². The van der Waals surface area contributed by atoms with E-state index in [-0.39, 0.29) is 19.3 Å². The molecular formula is C51H51Cl6N3O9. The van der Waals surface area contributed by atoms with Gasteiger partial charge in [0.05, 0.1) is 30.1 Å². The van der Waals surface area contributed by atoms with Gasteiger partial charge >= 0.3 is 17.9 Å². The highest BCUT2D eigenvalue weighted by Gasteiger charge is 2.14. The van der Waals surface area contributed by atoms with Gasteiger partial charge in [-0.1, -0.05) is 106 Å². The van der Waals surface area contributed by atoms with Gasteiger partial charge in [-0.3, -0.25) is 14.4 Å². The van der Waals surface area contributed by atoms with Crippen LogP contribution in [0.2, 0.25) is 30.1 Å². The predicted molar refractivity (Wildman–Crippen MR) is 278 cm³/mol. The van der Waals surface area contributed by atoms with E-state index in [0.29, 0.717) is 92.2 Å². The average Bonchev–Trinajstić information content (AvgIpc) is 3.29. The van der Waals surface area contributed by atoms with E-state index in [4.69, 9.17) is 105 Å². The van der Waals surface area contributed by atoms with Gasteiger partial charge < -0.3 is 45.9 Å². The van der Waals surface area contributed by atoms with Crippen molar-refractivity contribution in [3.8, 4) is 17.2 Å². The summed E-state index contributed by atoms with van der Waals surface area (Å²) in [7, 11) is 1.85. The molecule has 0 unspecified atom stereocenters. The number of nitrogen functional groups attached to an aromatic ring is 1. The number of rotatable bonds is 21. The standard InChI is InChI=1S/C18H19Cl2NO3.C17H17Cl2NO3.C16H15Cl2NO3/c1-2-21-14-5-3-4-13(8-14)11-24-18-15(19)9-12(10-16(18)20)6-7-17(22)23;1-20-13-4-2-3-12(7-13)10-23-17-14(18)8-11(9-15(17)19)5-6-16(21)22;17-13-7-10(4-5-15(20)21)8-14(18)16(13)22-9-11-2-1-3-12(19)6-11/h3-5,8-10,21H,2,6-7,11H2,1H3,(H,22,23);2-4,7-9,20H,5-6,10H2,1H3,(H,21,22);1-3,6-8H,4-5,9,19H2,(H,20,21). The summed E-state index contributed by atoms with van der Waals surface area (Å²) in [5.41, 5.74) is 13.6. The van der Waals surface area contributed by atoms with Gasteiger partial charge in [0.2, 0.25) is 0 Å². The normalized spacial score (nSPS) is 10.4. The van der Waals surface area contributed by atoms with Gasteiger partial charge in [-0.2, -0.15) is 0 Å². The summed E-state index contributed by atoms with van der Waals surface area (Å²) in [5.74, 6) is -1.39. The number of carboxylic acids is 3. The molecule has 6 aromatic rings. The zero-order valence-corrected chi connectivity index (χ0v) is 42.1. The van der Waals surface area contributed by atoms with Crippen LogP contribution < -0.4 is 30.6 Å². The van der Waals surface area contributed by atoms with Crippen LogP contribution in [-0.4, -0.2) is 46.8 Å². The number of aryl methyl sites for hydroxylation is 3. The molecule has 0 aromatic heterocycles. The second-order valence-corrected chi connectivity index (χ2v) is 17.6. The monoisotopic (exact) mass is 1060 g/mol. The summed E-state index contributed by atoms with van der Waals surface area (Å²) in [4.78, 5) is 31.9. The smallest absolute Gasteiger partial charge is 0.303 e.